The molecule has 0 aromatic rings. The number of thioether (sulfide) groups is 1. The van der Waals surface area contributed by atoms with Crippen LogP contribution in [0.15, 0.2) is 39.8 Å². The fourth-order valence-electron chi connectivity index (χ4n) is 1.41. The van der Waals surface area contributed by atoms with Crippen molar-refractivity contribution in [3.05, 3.63) is 34.8 Å². The highest BCUT2D eigenvalue weighted by atomic mass is 32.2. The zero-order valence-corrected chi connectivity index (χ0v) is 8.59. The molecular weight excluding hydrogens is 194 g/mol. The molecule has 2 nitrogen and oxygen atoms in total. The van der Waals surface area contributed by atoms with Gasteiger partial charge in [-0.3, -0.25) is 4.79 Å². The van der Waals surface area contributed by atoms with Gasteiger partial charge in [0.2, 0.25) is 0 Å². The van der Waals surface area contributed by atoms with Crippen molar-refractivity contribution in [3.63, 3.8) is 0 Å². The molecule has 1 heterocycles. The number of amides is 1. The Labute approximate surface area is 87.5 Å². The molecular formula is C11H11NOS. The van der Waals surface area contributed by atoms with Gasteiger partial charge in [-0.2, -0.15) is 0 Å². The van der Waals surface area contributed by atoms with Gasteiger partial charge < -0.3 is 0 Å². The van der Waals surface area contributed by atoms with Gasteiger partial charge in [-0.05, 0) is 18.4 Å². The average molecular weight is 205 g/mol. The van der Waals surface area contributed by atoms with Crippen LogP contribution >= 0.6 is 11.8 Å². The number of allylic oxidation sites excluding steroid dienone is 4. The molecule has 2 rings (SSSR count). The molecule has 1 aliphatic carbocycles. The van der Waals surface area contributed by atoms with E-state index >= 15 is 0 Å². The smallest absolute Gasteiger partial charge is 0.267 e. The second kappa shape index (κ2) is 4.42. The average Bonchev–Trinajstić information content (AvgIpc) is 2.44. The molecule has 2 aliphatic rings. The Morgan fingerprint density at radius 2 is 2.29 bits per heavy atom. The number of hydrogen-bond donors (Lipinski definition) is 0. The summed E-state index contributed by atoms with van der Waals surface area (Å²) in [6.07, 6.45) is 11.9. The molecule has 72 valence electrons. The lowest BCUT2D eigenvalue weighted by Gasteiger charge is -2.08. The predicted octanol–water partition coefficient (Wildman–Crippen LogP) is 2.49. The van der Waals surface area contributed by atoms with Crippen LogP contribution in [0.5, 0.6) is 0 Å². The Balaban J connectivity index is 2.21. The quantitative estimate of drug-likeness (QED) is 0.658. The highest BCUT2D eigenvalue weighted by Crippen LogP contribution is 2.28. The Hall–Kier alpha value is -1.09. The van der Waals surface area contributed by atoms with Gasteiger partial charge in [-0.15, -0.1) is 11.8 Å². The highest BCUT2D eigenvalue weighted by molar-refractivity contribution is 8.03. The number of nitrogens with zero attached hydrogens (tertiary/aromatic N) is 1. The number of carbonyl (C=O) groups excluding carboxylic acids is 1. The SMILES string of the molecule is O=C1C=C(C2=CCCC=C2)SCC=N1. The van der Waals surface area contributed by atoms with Crippen molar-refractivity contribution in [1.29, 1.82) is 0 Å². The van der Waals surface area contributed by atoms with Gasteiger partial charge in [0, 0.05) is 22.9 Å². The second-order valence-electron chi connectivity index (χ2n) is 3.11. The van der Waals surface area contributed by atoms with Crippen LogP contribution in [0.1, 0.15) is 12.8 Å². The summed E-state index contributed by atoms with van der Waals surface area (Å²) in [6.45, 7) is 0. The van der Waals surface area contributed by atoms with Crippen LogP contribution < -0.4 is 0 Å². The third kappa shape index (κ3) is 2.23. The third-order valence-corrected chi connectivity index (χ3v) is 3.05. The van der Waals surface area contributed by atoms with Crippen molar-refractivity contribution in [2.45, 2.75) is 12.8 Å². The maximum Gasteiger partial charge on any atom is 0.270 e. The van der Waals surface area contributed by atoms with Crippen molar-refractivity contribution in [2.24, 2.45) is 4.99 Å². The molecule has 1 aliphatic heterocycles. The summed E-state index contributed by atoms with van der Waals surface area (Å²) < 4.78 is 0. The van der Waals surface area contributed by atoms with E-state index < -0.39 is 0 Å². The van der Waals surface area contributed by atoms with Crippen LogP contribution in [0.25, 0.3) is 0 Å². The van der Waals surface area contributed by atoms with Crippen molar-refractivity contribution < 1.29 is 4.79 Å². The van der Waals surface area contributed by atoms with Crippen LogP contribution in [0.3, 0.4) is 0 Å². The van der Waals surface area contributed by atoms with E-state index in [-0.39, 0.29) is 5.91 Å². The second-order valence-corrected chi connectivity index (χ2v) is 4.17. The molecule has 0 bridgehead atoms. The monoisotopic (exact) mass is 205 g/mol. The van der Waals surface area contributed by atoms with E-state index in [2.05, 4.69) is 23.2 Å². The van der Waals surface area contributed by atoms with Crippen LogP contribution in [0.2, 0.25) is 0 Å². The summed E-state index contributed by atoms with van der Waals surface area (Å²) in [4.78, 5) is 16.0. The number of hydrogen-bond acceptors (Lipinski definition) is 2. The molecule has 0 N–H and O–H groups in total. The van der Waals surface area contributed by atoms with Crippen LogP contribution in [-0.2, 0) is 4.79 Å². The Kier molecular flexibility index (Phi) is 2.99. The minimum absolute atomic E-state index is 0.148. The zero-order valence-electron chi connectivity index (χ0n) is 7.77. The Bertz CT molecular complexity index is 363. The van der Waals surface area contributed by atoms with Crippen LogP contribution in [0.4, 0.5) is 0 Å². The lowest BCUT2D eigenvalue weighted by Crippen LogP contribution is -1.90. The molecule has 14 heavy (non-hydrogen) atoms. The van der Waals surface area contributed by atoms with Crippen LogP contribution in [-0.4, -0.2) is 17.9 Å². The Morgan fingerprint density at radius 1 is 1.36 bits per heavy atom. The standard InChI is InChI=1S/C11H11NOS/c13-11-8-10(14-7-6-12-11)9-4-2-1-3-5-9/h2,4-6,8H,1,3,7H2. The topological polar surface area (TPSA) is 29.4 Å². The molecule has 3 heteroatoms. The van der Waals surface area contributed by atoms with Crippen molar-refractivity contribution in [3.8, 4) is 0 Å². The fourth-order valence-corrected chi connectivity index (χ4v) is 2.24. The van der Waals surface area contributed by atoms with E-state index in [1.165, 1.54) is 5.57 Å². The number of rotatable bonds is 1. The first kappa shape index (κ1) is 9.46. The first-order valence-electron chi connectivity index (χ1n) is 4.64. The first-order chi connectivity index (χ1) is 6.86. The van der Waals surface area contributed by atoms with Crippen molar-refractivity contribution >= 4 is 23.9 Å². The van der Waals surface area contributed by atoms with Crippen molar-refractivity contribution in [1.82, 2.24) is 0 Å². The van der Waals surface area contributed by atoms with Gasteiger partial charge in [0.05, 0.1) is 0 Å². The molecule has 1 amide bonds. The van der Waals surface area contributed by atoms with Gasteiger partial charge >= 0.3 is 0 Å². The zero-order chi connectivity index (χ0) is 9.80. The van der Waals surface area contributed by atoms with Gasteiger partial charge in [0.15, 0.2) is 0 Å². The van der Waals surface area contributed by atoms with E-state index in [0.717, 1.165) is 23.5 Å². The molecule has 0 radical (unpaired) electrons. The first-order valence-corrected chi connectivity index (χ1v) is 5.63. The molecule has 0 aromatic carbocycles. The minimum atomic E-state index is -0.148. The third-order valence-electron chi connectivity index (χ3n) is 2.07. The van der Waals surface area contributed by atoms with Gasteiger partial charge in [-0.1, -0.05) is 18.2 Å². The van der Waals surface area contributed by atoms with Gasteiger partial charge in [-0.25, -0.2) is 4.99 Å². The summed E-state index contributed by atoms with van der Waals surface area (Å²) in [7, 11) is 0. The van der Waals surface area contributed by atoms with E-state index in [1.807, 2.05) is 0 Å². The maximum absolute atomic E-state index is 11.2. The summed E-state index contributed by atoms with van der Waals surface area (Å²) in [5.41, 5.74) is 1.17. The molecule has 0 spiro atoms. The fraction of sp³-hybridized carbons (Fsp3) is 0.273. The van der Waals surface area contributed by atoms with Gasteiger partial charge in [0.25, 0.3) is 5.91 Å². The van der Waals surface area contributed by atoms with Crippen molar-refractivity contribution in [2.75, 3.05) is 5.75 Å². The lowest BCUT2D eigenvalue weighted by atomic mass is 10.1. The Morgan fingerprint density at radius 3 is 3.07 bits per heavy atom. The largest absolute Gasteiger partial charge is 0.270 e. The van der Waals surface area contributed by atoms with E-state index in [1.54, 1.807) is 24.1 Å². The van der Waals surface area contributed by atoms with E-state index in [9.17, 15) is 4.79 Å². The van der Waals surface area contributed by atoms with E-state index in [4.69, 9.17) is 0 Å². The molecule has 0 saturated carbocycles. The lowest BCUT2D eigenvalue weighted by molar-refractivity contribution is -0.113. The maximum atomic E-state index is 11.2. The summed E-state index contributed by atoms with van der Waals surface area (Å²) in [6, 6.07) is 0. The number of carbonyl (C=O) groups is 1. The molecule has 0 unspecified atom stereocenters. The normalized spacial score (nSPS) is 21.6. The highest BCUT2D eigenvalue weighted by Gasteiger charge is 2.09. The predicted molar refractivity (Wildman–Crippen MR) is 60.5 cm³/mol. The molecule has 0 saturated heterocycles. The minimum Gasteiger partial charge on any atom is -0.267 e. The van der Waals surface area contributed by atoms with Gasteiger partial charge in [0.1, 0.15) is 0 Å². The van der Waals surface area contributed by atoms with E-state index in [0.29, 0.717) is 0 Å². The summed E-state index contributed by atoms with van der Waals surface area (Å²) in [5.74, 6) is 0.632. The summed E-state index contributed by atoms with van der Waals surface area (Å²) in [5, 5.41) is 0. The van der Waals surface area contributed by atoms with Crippen LogP contribution in [0, 0.1) is 0 Å². The molecule has 0 fully saturated rings. The summed E-state index contributed by atoms with van der Waals surface area (Å²) >= 11 is 1.67. The molecule has 0 aromatic heterocycles. The number of aliphatic imine (C=N–C) groups is 1. The molecule has 0 atom stereocenters.